The Kier molecular flexibility index (Phi) is 4.82. The van der Waals surface area contributed by atoms with E-state index in [0.29, 0.717) is 11.3 Å². The van der Waals surface area contributed by atoms with E-state index in [1.165, 1.54) is 13.8 Å². The van der Waals surface area contributed by atoms with Crippen molar-refractivity contribution < 1.29 is 31.5 Å². The quantitative estimate of drug-likeness (QED) is 0.898. The summed E-state index contributed by atoms with van der Waals surface area (Å²) in [6, 6.07) is 0.886. The smallest absolute Gasteiger partial charge is 0.402 e. The first-order valence-electron chi connectivity index (χ1n) is 5.39. The highest BCUT2D eigenvalue weighted by Gasteiger charge is 2.37. The van der Waals surface area contributed by atoms with Crippen LogP contribution in [0.4, 0.5) is 13.2 Å². The topological polar surface area (TPSA) is 74.7 Å². The van der Waals surface area contributed by atoms with Gasteiger partial charge in [-0.1, -0.05) is 6.92 Å². The molecule has 0 aliphatic rings. The number of sulfonamides is 1. The van der Waals surface area contributed by atoms with E-state index in [1.807, 2.05) is 0 Å². The van der Waals surface area contributed by atoms with Crippen LogP contribution in [-0.2, 0) is 10.0 Å². The van der Waals surface area contributed by atoms with Gasteiger partial charge in [0, 0.05) is 11.4 Å². The Bertz CT molecular complexity index is 607. The van der Waals surface area contributed by atoms with E-state index in [-0.39, 0.29) is 20.6 Å². The van der Waals surface area contributed by atoms with Crippen molar-refractivity contribution in [3.05, 3.63) is 15.8 Å². The number of rotatable bonds is 5. The molecule has 0 atom stereocenters. The summed E-state index contributed by atoms with van der Waals surface area (Å²) in [7, 11) is -4.37. The molecule has 1 aromatic rings. The summed E-state index contributed by atoms with van der Waals surface area (Å²) in [5.74, 6) is -1.32. The summed E-state index contributed by atoms with van der Waals surface area (Å²) < 4.78 is 61.7. The minimum absolute atomic E-state index is 0.142. The Morgan fingerprint density at radius 3 is 2.35 bits per heavy atom. The molecule has 0 spiro atoms. The second-order valence-corrected chi connectivity index (χ2v) is 7.05. The van der Waals surface area contributed by atoms with E-state index in [2.05, 4.69) is 0 Å². The molecule has 0 saturated carbocycles. The third-order valence-corrected chi connectivity index (χ3v) is 5.62. The van der Waals surface area contributed by atoms with E-state index >= 15 is 0 Å². The average Bonchev–Trinajstić information content (AvgIpc) is 2.67. The molecule has 0 amide bonds. The number of thiophene rings is 1. The molecule has 0 saturated heterocycles. The fourth-order valence-corrected chi connectivity index (χ4v) is 4.37. The number of halogens is 3. The molecule has 0 radical (unpaired) electrons. The molecule has 1 N–H and O–H groups in total. The Labute approximate surface area is 117 Å². The predicted octanol–water partition coefficient (Wildman–Crippen LogP) is 2.33. The summed E-state index contributed by atoms with van der Waals surface area (Å²) in [5, 5.41) is 8.79. The number of carboxylic acid groups (broad SMARTS) is 1. The summed E-state index contributed by atoms with van der Waals surface area (Å²) in [6.45, 7) is 0.664. The van der Waals surface area contributed by atoms with Gasteiger partial charge >= 0.3 is 12.1 Å². The lowest BCUT2D eigenvalue weighted by molar-refractivity contribution is -0.135. The maximum atomic E-state index is 12.4. The van der Waals surface area contributed by atoms with Crippen LogP contribution in [0.15, 0.2) is 11.0 Å². The SMILES string of the molecule is CCN(CC(F)(F)F)S(=O)(=O)c1cc(C(=O)O)sc1C. The monoisotopic (exact) mass is 331 g/mol. The zero-order chi connectivity index (χ0) is 15.7. The number of carboxylic acids is 1. The largest absolute Gasteiger partial charge is 0.477 e. The second kappa shape index (κ2) is 5.70. The summed E-state index contributed by atoms with van der Waals surface area (Å²) in [4.78, 5) is 10.3. The maximum absolute atomic E-state index is 12.4. The van der Waals surface area contributed by atoms with Gasteiger partial charge in [0.05, 0.1) is 4.90 Å². The fourth-order valence-electron chi connectivity index (χ4n) is 1.53. The van der Waals surface area contributed by atoms with Crippen molar-refractivity contribution in [2.24, 2.45) is 0 Å². The fraction of sp³-hybridized carbons (Fsp3) is 0.500. The van der Waals surface area contributed by atoms with Gasteiger partial charge in [-0.15, -0.1) is 11.3 Å². The van der Waals surface area contributed by atoms with Gasteiger partial charge < -0.3 is 5.11 Å². The number of aryl methyl sites for hydroxylation is 1. The van der Waals surface area contributed by atoms with Crippen LogP contribution in [0.25, 0.3) is 0 Å². The van der Waals surface area contributed by atoms with Crippen molar-refractivity contribution in [2.75, 3.05) is 13.1 Å². The van der Waals surface area contributed by atoms with Crippen LogP contribution in [0, 0.1) is 6.92 Å². The Morgan fingerprint density at radius 2 is 2.00 bits per heavy atom. The van der Waals surface area contributed by atoms with Gasteiger partial charge in [0.25, 0.3) is 0 Å². The molecule has 0 aromatic carbocycles. The van der Waals surface area contributed by atoms with Gasteiger partial charge in [0.15, 0.2) is 0 Å². The van der Waals surface area contributed by atoms with Gasteiger partial charge in [0.1, 0.15) is 11.4 Å². The first-order valence-corrected chi connectivity index (χ1v) is 7.65. The molecule has 0 aliphatic heterocycles. The summed E-state index contributed by atoms with van der Waals surface area (Å²) >= 11 is 0.709. The molecule has 10 heteroatoms. The van der Waals surface area contributed by atoms with Crippen molar-refractivity contribution in [1.82, 2.24) is 4.31 Å². The Balaban J connectivity index is 3.24. The summed E-state index contributed by atoms with van der Waals surface area (Å²) in [6.07, 6.45) is -4.66. The highest BCUT2D eigenvalue weighted by Crippen LogP contribution is 2.29. The van der Waals surface area contributed by atoms with E-state index in [1.54, 1.807) is 0 Å². The molecule has 0 unspecified atom stereocenters. The lowest BCUT2D eigenvalue weighted by Crippen LogP contribution is -2.38. The van der Waals surface area contributed by atoms with Crippen LogP contribution >= 0.6 is 11.3 Å². The highest BCUT2D eigenvalue weighted by atomic mass is 32.2. The molecule has 1 aromatic heterocycles. The standard InChI is InChI=1S/C10H12F3NO4S2/c1-3-14(5-10(11,12)13)20(17,18)8-4-7(9(15)16)19-6(8)2/h4H,3,5H2,1-2H3,(H,15,16). The van der Waals surface area contributed by atoms with Crippen LogP contribution in [0.1, 0.15) is 21.5 Å². The van der Waals surface area contributed by atoms with Gasteiger partial charge in [-0.3, -0.25) is 0 Å². The molecule has 1 heterocycles. The lowest BCUT2D eigenvalue weighted by atomic mass is 10.4. The number of hydrogen-bond acceptors (Lipinski definition) is 4. The second-order valence-electron chi connectivity index (χ2n) is 3.88. The van der Waals surface area contributed by atoms with Crippen molar-refractivity contribution in [3.8, 4) is 0 Å². The number of nitrogens with zero attached hydrogens (tertiary/aromatic N) is 1. The number of alkyl halides is 3. The average molecular weight is 331 g/mol. The summed E-state index contributed by atoms with van der Waals surface area (Å²) in [5.41, 5.74) is 0. The minimum atomic E-state index is -4.66. The normalized spacial score (nSPS) is 12.9. The van der Waals surface area contributed by atoms with Crippen molar-refractivity contribution in [2.45, 2.75) is 24.9 Å². The molecule has 0 bridgehead atoms. The van der Waals surface area contributed by atoms with Crippen molar-refractivity contribution in [1.29, 1.82) is 0 Å². The minimum Gasteiger partial charge on any atom is -0.477 e. The molecule has 20 heavy (non-hydrogen) atoms. The number of aromatic carboxylic acids is 1. The third-order valence-electron chi connectivity index (χ3n) is 2.41. The van der Waals surface area contributed by atoms with Crippen LogP contribution in [0.2, 0.25) is 0 Å². The molecular weight excluding hydrogens is 319 g/mol. The molecule has 114 valence electrons. The van der Waals surface area contributed by atoms with Crippen LogP contribution < -0.4 is 0 Å². The van der Waals surface area contributed by atoms with Crippen LogP contribution in [0.5, 0.6) is 0 Å². The molecule has 0 fully saturated rings. The number of hydrogen-bond donors (Lipinski definition) is 1. The highest BCUT2D eigenvalue weighted by molar-refractivity contribution is 7.89. The Morgan fingerprint density at radius 1 is 1.45 bits per heavy atom. The first kappa shape index (κ1) is 16.9. The van der Waals surface area contributed by atoms with E-state index in [0.717, 1.165) is 6.07 Å². The van der Waals surface area contributed by atoms with Gasteiger partial charge in [-0.25, -0.2) is 13.2 Å². The van der Waals surface area contributed by atoms with Crippen LogP contribution in [0.3, 0.4) is 0 Å². The first-order chi connectivity index (χ1) is 8.99. The molecule has 0 aliphatic carbocycles. The molecular formula is C10H12F3NO4S2. The van der Waals surface area contributed by atoms with E-state index in [4.69, 9.17) is 5.11 Å². The zero-order valence-electron chi connectivity index (χ0n) is 10.6. The van der Waals surface area contributed by atoms with Gasteiger partial charge in [-0.2, -0.15) is 17.5 Å². The Hall–Kier alpha value is -1.13. The van der Waals surface area contributed by atoms with E-state index in [9.17, 15) is 26.4 Å². The third kappa shape index (κ3) is 3.70. The van der Waals surface area contributed by atoms with E-state index < -0.39 is 33.6 Å². The van der Waals surface area contributed by atoms with Crippen molar-refractivity contribution >= 4 is 27.3 Å². The molecule has 1 rings (SSSR count). The zero-order valence-corrected chi connectivity index (χ0v) is 12.2. The molecule has 5 nitrogen and oxygen atoms in total. The van der Waals surface area contributed by atoms with Gasteiger partial charge in [-0.05, 0) is 13.0 Å². The van der Waals surface area contributed by atoms with Crippen LogP contribution in [-0.4, -0.2) is 43.1 Å². The maximum Gasteiger partial charge on any atom is 0.402 e. The number of carbonyl (C=O) groups is 1. The lowest BCUT2D eigenvalue weighted by Gasteiger charge is -2.21. The predicted molar refractivity (Wildman–Crippen MR) is 66.5 cm³/mol. The van der Waals surface area contributed by atoms with Gasteiger partial charge in [0.2, 0.25) is 10.0 Å². The van der Waals surface area contributed by atoms with Crippen molar-refractivity contribution in [3.63, 3.8) is 0 Å².